The lowest BCUT2D eigenvalue weighted by atomic mass is 10.1. The second-order valence-electron chi connectivity index (χ2n) is 10.5. The quantitative estimate of drug-likeness (QED) is 0.170. The highest BCUT2D eigenvalue weighted by molar-refractivity contribution is 6.34. The monoisotopic (exact) mass is 612 g/mol. The van der Waals surface area contributed by atoms with Crippen LogP contribution in [0.4, 0.5) is 24.5 Å². The Morgan fingerprint density at radius 2 is 1.63 bits per heavy atom. The van der Waals surface area contributed by atoms with Gasteiger partial charge >= 0.3 is 6.18 Å². The first-order chi connectivity index (χ1) is 20.4. The third-order valence-corrected chi connectivity index (χ3v) is 7.17. The molecule has 0 fully saturated rings. The van der Waals surface area contributed by atoms with E-state index in [2.05, 4.69) is 16.0 Å². The van der Waals surface area contributed by atoms with E-state index >= 15 is 0 Å². The minimum atomic E-state index is -4.53. The molecule has 11 heteroatoms. The lowest BCUT2D eigenvalue weighted by Gasteiger charge is -2.13. The highest BCUT2D eigenvalue weighted by Crippen LogP contribution is 2.31. The van der Waals surface area contributed by atoms with Crippen LogP contribution in [0, 0.1) is 5.92 Å². The molecule has 1 aromatic heterocycles. The van der Waals surface area contributed by atoms with Gasteiger partial charge in [-0.3, -0.25) is 14.4 Å². The Kier molecular flexibility index (Phi) is 9.80. The van der Waals surface area contributed by atoms with E-state index in [1.807, 2.05) is 11.5 Å². The van der Waals surface area contributed by atoms with Crippen molar-refractivity contribution in [3.63, 3.8) is 0 Å². The van der Waals surface area contributed by atoms with Gasteiger partial charge in [0.1, 0.15) is 5.69 Å². The molecule has 0 saturated heterocycles. The van der Waals surface area contributed by atoms with Crippen LogP contribution < -0.4 is 16.0 Å². The number of nitrogens with zero attached hydrogens (tertiary/aromatic N) is 1. The van der Waals surface area contributed by atoms with Gasteiger partial charge in [-0.15, -0.1) is 0 Å². The Hall–Kier alpha value is -4.31. The molecule has 0 aliphatic rings. The van der Waals surface area contributed by atoms with Crippen molar-refractivity contribution < 1.29 is 27.6 Å². The predicted octanol–water partition coefficient (Wildman–Crippen LogP) is 7.89. The number of amides is 3. The molecule has 0 aliphatic carbocycles. The van der Waals surface area contributed by atoms with E-state index in [1.165, 1.54) is 12.1 Å². The van der Waals surface area contributed by atoms with Gasteiger partial charge in [0.25, 0.3) is 11.8 Å². The summed E-state index contributed by atoms with van der Waals surface area (Å²) in [5.41, 5.74) is 1.60. The molecule has 1 heterocycles. The van der Waals surface area contributed by atoms with Gasteiger partial charge in [-0.2, -0.15) is 13.2 Å². The molecule has 4 rings (SSSR count). The smallest absolute Gasteiger partial charge is 0.352 e. The van der Waals surface area contributed by atoms with Crippen molar-refractivity contribution >= 4 is 51.6 Å². The molecule has 0 spiro atoms. The highest BCUT2D eigenvalue weighted by Gasteiger charge is 2.30. The van der Waals surface area contributed by atoms with Crippen molar-refractivity contribution in [3.05, 3.63) is 94.1 Å². The topological polar surface area (TPSA) is 92.2 Å². The first-order valence-corrected chi connectivity index (χ1v) is 14.2. The number of nitrogens with one attached hydrogen (secondary N) is 3. The molecular weight excluding hydrogens is 581 g/mol. The molecule has 7 nitrogen and oxygen atoms in total. The van der Waals surface area contributed by atoms with Crippen LogP contribution in [0.25, 0.3) is 10.9 Å². The third-order valence-electron chi connectivity index (χ3n) is 6.84. The minimum Gasteiger partial charge on any atom is -0.352 e. The molecule has 3 aromatic carbocycles. The summed E-state index contributed by atoms with van der Waals surface area (Å²) in [6, 6.07) is 16.3. The average molecular weight is 613 g/mol. The van der Waals surface area contributed by atoms with Crippen LogP contribution >= 0.6 is 11.6 Å². The van der Waals surface area contributed by atoms with E-state index in [-0.39, 0.29) is 40.3 Å². The van der Waals surface area contributed by atoms with Crippen LogP contribution in [0.5, 0.6) is 0 Å². The summed E-state index contributed by atoms with van der Waals surface area (Å²) in [5.74, 6) is -1.28. The van der Waals surface area contributed by atoms with Gasteiger partial charge in [0.2, 0.25) is 5.91 Å². The number of anilines is 2. The molecule has 4 aromatic rings. The number of carbonyl (C=O) groups excluding carboxylic acids is 3. The van der Waals surface area contributed by atoms with Crippen molar-refractivity contribution in [2.45, 2.75) is 52.9 Å². The van der Waals surface area contributed by atoms with Crippen LogP contribution in [0.15, 0.2) is 66.7 Å². The van der Waals surface area contributed by atoms with Gasteiger partial charge in [-0.05, 0) is 66.6 Å². The zero-order chi connectivity index (χ0) is 31.3. The zero-order valence-electron chi connectivity index (χ0n) is 23.9. The zero-order valence-corrected chi connectivity index (χ0v) is 24.7. The van der Waals surface area contributed by atoms with E-state index in [4.69, 9.17) is 11.6 Å². The van der Waals surface area contributed by atoms with E-state index in [9.17, 15) is 27.6 Å². The predicted molar refractivity (Wildman–Crippen MR) is 162 cm³/mol. The number of alkyl halides is 3. The van der Waals surface area contributed by atoms with Gasteiger partial charge in [0, 0.05) is 41.3 Å². The van der Waals surface area contributed by atoms with Gasteiger partial charge in [0.05, 0.1) is 16.1 Å². The lowest BCUT2D eigenvalue weighted by Crippen LogP contribution is -2.27. The van der Waals surface area contributed by atoms with E-state index < -0.39 is 23.6 Å². The minimum absolute atomic E-state index is 0.0305. The maximum Gasteiger partial charge on any atom is 0.416 e. The normalized spacial score (nSPS) is 11.5. The van der Waals surface area contributed by atoms with Crippen molar-refractivity contribution in [1.29, 1.82) is 0 Å². The number of rotatable bonds is 10. The summed E-state index contributed by atoms with van der Waals surface area (Å²) < 4.78 is 41.3. The van der Waals surface area contributed by atoms with Crippen molar-refractivity contribution in [1.82, 2.24) is 9.88 Å². The van der Waals surface area contributed by atoms with Gasteiger partial charge < -0.3 is 20.5 Å². The fraction of sp³-hybridized carbons (Fsp3) is 0.281. The standard InChI is InChI=1S/C32H32ClF3N4O3/c1-4-5-13-40-27-12-10-24(38-30(42)25-14-20(9-11-26(25)33)18-37-29(41)19(2)3)15-21(27)16-28(40)31(43)39-23-8-6-7-22(17-23)32(34,35)36/h6-12,14-17,19H,4-5,13,18H2,1-3H3,(H,37,41)(H,38,42)(H,39,43). The fourth-order valence-electron chi connectivity index (χ4n) is 4.51. The first kappa shape index (κ1) is 31.6. The molecule has 0 unspecified atom stereocenters. The third kappa shape index (κ3) is 7.75. The van der Waals surface area contributed by atoms with E-state index in [0.29, 0.717) is 23.2 Å². The van der Waals surface area contributed by atoms with Gasteiger partial charge in [0.15, 0.2) is 0 Å². The number of benzene rings is 3. The number of hydrogen-bond donors (Lipinski definition) is 3. The number of fused-ring (bicyclic) bond motifs is 1. The van der Waals surface area contributed by atoms with Crippen LogP contribution in [0.3, 0.4) is 0 Å². The first-order valence-electron chi connectivity index (χ1n) is 13.9. The average Bonchev–Trinajstić information content (AvgIpc) is 3.32. The molecule has 0 atom stereocenters. The highest BCUT2D eigenvalue weighted by atomic mass is 35.5. The maximum absolute atomic E-state index is 13.3. The lowest BCUT2D eigenvalue weighted by molar-refractivity contribution is -0.137. The summed E-state index contributed by atoms with van der Waals surface area (Å²) in [6.07, 6.45) is -2.89. The number of carbonyl (C=O) groups is 3. The number of aromatic nitrogens is 1. The molecule has 0 radical (unpaired) electrons. The Balaban J connectivity index is 1.58. The summed E-state index contributed by atoms with van der Waals surface area (Å²) in [7, 11) is 0. The summed E-state index contributed by atoms with van der Waals surface area (Å²) in [4.78, 5) is 38.3. The largest absolute Gasteiger partial charge is 0.416 e. The number of halogens is 4. The second kappa shape index (κ2) is 13.3. The van der Waals surface area contributed by atoms with Crippen LogP contribution in [-0.4, -0.2) is 22.3 Å². The number of aryl methyl sites for hydroxylation is 1. The van der Waals surface area contributed by atoms with Crippen LogP contribution in [-0.2, 0) is 24.1 Å². The van der Waals surface area contributed by atoms with Crippen LogP contribution in [0.2, 0.25) is 5.02 Å². The molecule has 43 heavy (non-hydrogen) atoms. The Labute approximate surface area is 252 Å². The molecule has 0 bridgehead atoms. The summed E-state index contributed by atoms with van der Waals surface area (Å²) in [6.45, 7) is 6.36. The maximum atomic E-state index is 13.3. The van der Waals surface area contributed by atoms with Crippen molar-refractivity contribution in [2.24, 2.45) is 5.92 Å². The summed E-state index contributed by atoms with van der Waals surface area (Å²) >= 11 is 6.32. The van der Waals surface area contributed by atoms with Gasteiger partial charge in [-0.1, -0.05) is 50.9 Å². The summed E-state index contributed by atoms with van der Waals surface area (Å²) in [5, 5.41) is 9.14. The van der Waals surface area contributed by atoms with Gasteiger partial charge in [-0.25, -0.2) is 0 Å². The number of unbranched alkanes of at least 4 members (excludes halogenated alkanes) is 1. The molecule has 3 N–H and O–H groups in total. The Morgan fingerprint density at radius 3 is 2.33 bits per heavy atom. The molecule has 0 saturated carbocycles. The fourth-order valence-corrected chi connectivity index (χ4v) is 4.71. The van der Waals surface area contributed by atoms with Crippen molar-refractivity contribution in [3.8, 4) is 0 Å². The molecule has 0 aliphatic heterocycles. The molecule has 3 amide bonds. The van der Waals surface area contributed by atoms with Crippen molar-refractivity contribution in [2.75, 3.05) is 10.6 Å². The number of hydrogen-bond acceptors (Lipinski definition) is 3. The van der Waals surface area contributed by atoms with E-state index in [1.54, 1.807) is 56.3 Å². The SMILES string of the molecule is CCCCn1c(C(=O)Nc2cccc(C(F)(F)F)c2)cc2cc(NC(=O)c3cc(CNC(=O)C(C)C)ccc3Cl)ccc21. The second-order valence-corrected chi connectivity index (χ2v) is 10.9. The Bertz CT molecular complexity index is 1660. The van der Waals surface area contributed by atoms with E-state index in [0.717, 1.165) is 30.5 Å². The Morgan fingerprint density at radius 1 is 0.907 bits per heavy atom. The molecular formula is C32H32ClF3N4O3. The van der Waals surface area contributed by atoms with Crippen LogP contribution in [0.1, 0.15) is 65.6 Å². The molecule has 226 valence electrons.